The Bertz CT molecular complexity index is 1030. The van der Waals surface area contributed by atoms with Gasteiger partial charge in [0.2, 0.25) is 0 Å². The van der Waals surface area contributed by atoms with Gasteiger partial charge in [-0.3, -0.25) is 4.90 Å². The molecule has 4 nitrogen and oxygen atoms in total. The summed E-state index contributed by atoms with van der Waals surface area (Å²) in [5.41, 5.74) is 3.63. The third-order valence-electron chi connectivity index (χ3n) is 7.65. The predicted molar refractivity (Wildman–Crippen MR) is 159 cm³/mol. The molecule has 0 fully saturated rings. The van der Waals surface area contributed by atoms with E-state index in [1.807, 2.05) is 18.2 Å². The Hall–Kier alpha value is -2.57. The van der Waals surface area contributed by atoms with Crippen LogP contribution in [-0.4, -0.2) is 38.3 Å². The minimum absolute atomic E-state index is 0.0202. The van der Waals surface area contributed by atoms with Crippen molar-refractivity contribution in [3.8, 4) is 0 Å². The lowest BCUT2D eigenvalue weighted by molar-refractivity contribution is -0.109. The number of carbonyl (C=O) groups is 1. The molecule has 0 heterocycles. The van der Waals surface area contributed by atoms with Gasteiger partial charge >= 0.3 is 0 Å². The molecule has 0 amide bonds. The SMILES string of the molecule is CC(C)(C)[Si](C)(C)OC[C@@H]([C@@H](CCC=O)OCc1ccccc1)N(Cc1ccccc1)Cc1ccccc1. The van der Waals surface area contributed by atoms with Crippen molar-refractivity contribution in [1.29, 1.82) is 0 Å². The average Bonchev–Trinajstić information content (AvgIpc) is 2.90. The summed E-state index contributed by atoms with van der Waals surface area (Å²) in [5, 5.41) is 0.102. The zero-order valence-electron chi connectivity index (χ0n) is 23.8. The molecular weight excluding hydrogens is 486 g/mol. The van der Waals surface area contributed by atoms with E-state index >= 15 is 0 Å². The molecule has 0 saturated carbocycles. The lowest BCUT2D eigenvalue weighted by Crippen LogP contribution is -2.51. The van der Waals surface area contributed by atoms with Gasteiger partial charge in [-0.25, -0.2) is 0 Å². The maximum absolute atomic E-state index is 11.5. The topological polar surface area (TPSA) is 38.8 Å². The quantitative estimate of drug-likeness (QED) is 0.149. The maximum Gasteiger partial charge on any atom is 0.192 e. The van der Waals surface area contributed by atoms with Crippen molar-refractivity contribution in [2.45, 2.75) is 83.6 Å². The predicted octanol–water partition coefficient (Wildman–Crippen LogP) is 7.64. The van der Waals surface area contributed by atoms with Gasteiger partial charge in [0.15, 0.2) is 8.32 Å². The Balaban J connectivity index is 1.96. The third-order valence-corrected chi connectivity index (χ3v) is 12.2. The van der Waals surface area contributed by atoms with Crippen LogP contribution < -0.4 is 0 Å². The van der Waals surface area contributed by atoms with Crippen LogP contribution >= 0.6 is 0 Å². The molecule has 3 aromatic rings. The molecule has 0 aliphatic rings. The highest BCUT2D eigenvalue weighted by atomic mass is 28.4. The summed E-state index contributed by atoms with van der Waals surface area (Å²) >= 11 is 0. The molecule has 38 heavy (non-hydrogen) atoms. The molecular formula is C33H45NO3Si. The third kappa shape index (κ3) is 9.32. The molecule has 0 N–H and O–H groups in total. The Morgan fingerprint density at radius 1 is 0.789 bits per heavy atom. The van der Waals surface area contributed by atoms with Crippen LogP contribution in [0.4, 0.5) is 0 Å². The van der Waals surface area contributed by atoms with Crippen molar-refractivity contribution < 1.29 is 14.0 Å². The first-order valence-corrected chi connectivity index (χ1v) is 16.7. The van der Waals surface area contributed by atoms with Crippen LogP contribution in [0.15, 0.2) is 91.0 Å². The van der Waals surface area contributed by atoms with Crippen molar-refractivity contribution in [2.75, 3.05) is 6.61 Å². The largest absolute Gasteiger partial charge is 0.415 e. The zero-order chi connectivity index (χ0) is 27.4. The van der Waals surface area contributed by atoms with Gasteiger partial charge in [-0.05, 0) is 41.2 Å². The number of ether oxygens (including phenoxy) is 1. The van der Waals surface area contributed by atoms with Crippen LogP contribution in [0.25, 0.3) is 0 Å². The number of hydrogen-bond donors (Lipinski definition) is 0. The zero-order valence-corrected chi connectivity index (χ0v) is 24.8. The van der Waals surface area contributed by atoms with E-state index in [1.54, 1.807) is 0 Å². The molecule has 0 aliphatic carbocycles. The summed E-state index contributed by atoms with van der Waals surface area (Å²) in [4.78, 5) is 14.0. The molecule has 0 bridgehead atoms. The Kier molecular flexibility index (Phi) is 11.5. The normalized spacial score (nSPS) is 13.8. The van der Waals surface area contributed by atoms with Gasteiger partial charge < -0.3 is 14.0 Å². The number of nitrogens with zero attached hydrogens (tertiary/aromatic N) is 1. The minimum atomic E-state index is -2.01. The van der Waals surface area contributed by atoms with Gasteiger partial charge in [-0.15, -0.1) is 0 Å². The Morgan fingerprint density at radius 3 is 1.71 bits per heavy atom. The molecule has 3 rings (SSSR count). The number of carbonyl (C=O) groups excluding carboxylic acids is 1. The monoisotopic (exact) mass is 531 g/mol. The average molecular weight is 532 g/mol. The summed E-state index contributed by atoms with van der Waals surface area (Å²) < 4.78 is 13.5. The number of benzene rings is 3. The van der Waals surface area contributed by atoms with E-state index in [1.165, 1.54) is 11.1 Å². The number of hydrogen-bond acceptors (Lipinski definition) is 4. The summed E-state index contributed by atoms with van der Waals surface area (Å²) in [6.45, 7) is 14.0. The van der Waals surface area contributed by atoms with Gasteiger partial charge in [0.05, 0.1) is 25.4 Å². The first kappa shape index (κ1) is 30.0. The highest BCUT2D eigenvalue weighted by Crippen LogP contribution is 2.37. The molecule has 0 saturated heterocycles. The molecule has 204 valence electrons. The van der Waals surface area contributed by atoms with Gasteiger partial charge in [-0.1, -0.05) is 112 Å². The molecule has 0 spiro atoms. The van der Waals surface area contributed by atoms with E-state index < -0.39 is 8.32 Å². The van der Waals surface area contributed by atoms with E-state index in [9.17, 15) is 4.79 Å². The first-order chi connectivity index (χ1) is 18.2. The summed E-state index contributed by atoms with van der Waals surface area (Å²) in [7, 11) is -2.01. The van der Waals surface area contributed by atoms with Gasteiger partial charge in [0.25, 0.3) is 0 Å². The summed E-state index contributed by atoms with van der Waals surface area (Å²) in [5.74, 6) is 0. The van der Waals surface area contributed by atoms with Gasteiger partial charge in [0.1, 0.15) is 6.29 Å². The molecule has 0 unspecified atom stereocenters. The van der Waals surface area contributed by atoms with Gasteiger partial charge in [0, 0.05) is 19.5 Å². The minimum Gasteiger partial charge on any atom is -0.415 e. The van der Waals surface area contributed by atoms with Crippen molar-refractivity contribution in [1.82, 2.24) is 4.90 Å². The molecule has 2 atom stereocenters. The molecule has 3 aromatic carbocycles. The molecule has 0 aromatic heterocycles. The first-order valence-electron chi connectivity index (χ1n) is 13.7. The van der Waals surface area contributed by atoms with E-state index in [0.717, 1.165) is 24.9 Å². The lowest BCUT2D eigenvalue weighted by atomic mass is 10.0. The fraction of sp³-hybridized carbons (Fsp3) is 0.424. The Morgan fingerprint density at radius 2 is 1.26 bits per heavy atom. The summed E-state index contributed by atoms with van der Waals surface area (Å²) in [6, 6.07) is 31.4. The lowest BCUT2D eigenvalue weighted by Gasteiger charge is -2.42. The van der Waals surface area contributed by atoms with Crippen LogP contribution in [0.3, 0.4) is 0 Å². The number of aldehydes is 1. The van der Waals surface area contributed by atoms with Crippen LogP contribution in [0.2, 0.25) is 18.1 Å². The summed E-state index contributed by atoms with van der Waals surface area (Å²) in [6.07, 6.45) is 1.96. The van der Waals surface area contributed by atoms with Crippen molar-refractivity contribution >= 4 is 14.6 Å². The second-order valence-electron chi connectivity index (χ2n) is 11.6. The van der Waals surface area contributed by atoms with Crippen LogP contribution in [0.1, 0.15) is 50.3 Å². The smallest absolute Gasteiger partial charge is 0.192 e. The van der Waals surface area contributed by atoms with E-state index in [4.69, 9.17) is 9.16 Å². The van der Waals surface area contributed by atoms with E-state index in [-0.39, 0.29) is 17.2 Å². The molecule has 0 radical (unpaired) electrons. The van der Waals surface area contributed by atoms with Crippen molar-refractivity contribution in [3.05, 3.63) is 108 Å². The fourth-order valence-electron chi connectivity index (χ4n) is 4.28. The van der Waals surface area contributed by atoms with Crippen LogP contribution in [0.5, 0.6) is 0 Å². The highest BCUT2D eigenvalue weighted by Gasteiger charge is 2.39. The molecule has 5 heteroatoms. The fourth-order valence-corrected chi connectivity index (χ4v) is 5.30. The van der Waals surface area contributed by atoms with Crippen LogP contribution in [-0.2, 0) is 33.7 Å². The van der Waals surface area contributed by atoms with E-state index in [0.29, 0.717) is 26.1 Å². The van der Waals surface area contributed by atoms with Crippen LogP contribution in [0, 0.1) is 0 Å². The van der Waals surface area contributed by atoms with Crippen molar-refractivity contribution in [2.24, 2.45) is 0 Å². The highest BCUT2D eigenvalue weighted by molar-refractivity contribution is 6.74. The van der Waals surface area contributed by atoms with Crippen molar-refractivity contribution in [3.63, 3.8) is 0 Å². The molecule has 0 aliphatic heterocycles. The number of rotatable bonds is 15. The maximum atomic E-state index is 11.5. The van der Waals surface area contributed by atoms with E-state index in [2.05, 4.69) is 112 Å². The van der Waals surface area contributed by atoms with Gasteiger partial charge in [-0.2, -0.15) is 0 Å². The second-order valence-corrected chi connectivity index (χ2v) is 16.4. The standard InChI is InChI=1S/C33H45NO3Si/c1-33(2,3)38(4,5)37-27-31(32(22-15-23-35)36-26-30-20-13-8-14-21-30)34(24-28-16-9-6-10-17-28)25-29-18-11-7-12-19-29/h6-14,16-21,23,31-32H,15,22,24-27H2,1-5H3/t31-,32+/m0/s1. The second kappa shape index (κ2) is 14.5. The Labute approximate surface area is 231 Å².